The molecule has 0 bridgehead atoms. The first-order chi connectivity index (χ1) is 7.13. The Morgan fingerprint density at radius 3 is 2.60 bits per heavy atom. The number of nitrogens with one attached hydrogen (secondary N) is 1. The van der Waals surface area contributed by atoms with Gasteiger partial charge in [-0.3, -0.25) is 0 Å². The number of rotatable bonds is 3. The van der Waals surface area contributed by atoms with Crippen molar-refractivity contribution in [3.63, 3.8) is 0 Å². The maximum atomic E-state index is 5.83. The second kappa shape index (κ2) is 4.42. The van der Waals surface area contributed by atoms with Crippen molar-refractivity contribution in [2.45, 2.75) is 64.5 Å². The molecule has 2 fully saturated rings. The van der Waals surface area contributed by atoms with Crippen molar-refractivity contribution in [3.8, 4) is 0 Å². The van der Waals surface area contributed by atoms with E-state index in [0.29, 0.717) is 11.5 Å². The van der Waals surface area contributed by atoms with Gasteiger partial charge in [-0.15, -0.1) is 0 Å². The summed E-state index contributed by atoms with van der Waals surface area (Å²) in [5.41, 5.74) is 6.33. The predicted molar refractivity (Wildman–Crippen MR) is 64.7 cm³/mol. The smallest absolute Gasteiger partial charge is 0.0121 e. The molecule has 0 aromatic heterocycles. The summed E-state index contributed by atoms with van der Waals surface area (Å²) in [6, 6.07) is 1.44. The van der Waals surface area contributed by atoms with Crippen LogP contribution in [0.15, 0.2) is 0 Å². The highest BCUT2D eigenvalue weighted by Gasteiger charge is 2.37. The van der Waals surface area contributed by atoms with E-state index in [1.54, 1.807) is 0 Å². The number of nitrogens with two attached hydrogens (primary N) is 1. The zero-order valence-corrected chi connectivity index (χ0v) is 10.3. The summed E-state index contributed by atoms with van der Waals surface area (Å²) >= 11 is 0. The molecule has 0 aromatic carbocycles. The van der Waals surface area contributed by atoms with Gasteiger partial charge in [0.1, 0.15) is 0 Å². The normalized spacial score (nSPS) is 39.8. The number of hydrogen-bond acceptors (Lipinski definition) is 2. The van der Waals surface area contributed by atoms with E-state index in [1.807, 2.05) is 0 Å². The molecule has 2 rings (SSSR count). The summed E-state index contributed by atoms with van der Waals surface area (Å²) < 4.78 is 0. The maximum absolute atomic E-state index is 5.83. The lowest BCUT2D eigenvalue weighted by molar-refractivity contribution is 0.243. The van der Waals surface area contributed by atoms with Crippen molar-refractivity contribution >= 4 is 0 Å². The van der Waals surface area contributed by atoms with Gasteiger partial charge in [-0.25, -0.2) is 0 Å². The Morgan fingerprint density at radius 1 is 1.20 bits per heavy atom. The van der Waals surface area contributed by atoms with Crippen molar-refractivity contribution in [2.75, 3.05) is 6.54 Å². The Morgan fingerprint density at radius 2 is 2.00 bits per heavy atom. The van der Waals surface area contributed by atoms with E-state index in [-0.39, 0.29) is 0 Å². The molecule has 2 heteroatoms. The highest BCUT2D eigenvalue weighted by atomic mass is 15.0. The van der Waals surface area contributed by atoms with Crippen LogP contribution in [0.4, 0.5) is 0 Å². The fourth-order valence-corrected chi connectivity index (χ4v) is 3.43. The van der Waals surface area contributed by atoms with Crippen LogP contribution in [0.3, 0.4) is 0 Å². The Balaban J connectivity index is 1.91. The van der Waals surface area contributed by atoms with Crippen LogP contribution in [0, 0.1) is 11.3 Å². The molecule has 15 heavy (non-hydrogen) atoms. The minimum atomic E-state index is 0.502. The fourth-order valence-electron chi connectivity index (χ4n) is 3.43. The topological polar surface area (TPSA) is 38.0 Å². The molecular weight excluding hydrogens is 184 g/mol. The van der Waals surface area contributed by atoms with Gasteiger partial charge in [0.05, 0.1) is 0 Å². The molecular formula is C13H26N2. The van der Waals surface area contributed by atoms with E-state index in [2.05, 4.69) is 19.2 Å². The first-order valence-corrected chi connectivity index (χ1v) is 6.59. The first-order valence-electron chi connectivity index (χ1n) is 6.59. The molecule has 0 spiro atoms. The van der Waals surface area contributed by atoms with E-state index in [0.717, 1.165) is 18.5 Å². The third-order valence-corrected chi connectivity index (χ3v) is 4.63. The van der Waals surface area contributed by atoms with Gasteiger partial charge >= 0.3 is 0 Å². The van der Waals surface area contributed by atoms with Crippen molar-refractivity contribution < 1.29 is 0 Å². The molecule has 0 radical (unpaired) electrons. The molecule has 2 aliphatic rings. The first kappa shape index (κ1) is 11.4. The molecule has 0 aromatic rings. The van der Waals surface area contributed by atoms with Gasteiger partial charge < -0.3 is 11.1 Å². The van der Waals surface area contributed by atoms with Gasteiger partial charge in [0, 0.05) is 12.1 Å². The number of hydrogen-bond donors (Lipinski definition) is 2. The average molecular weight is 210 g/mol. The monoisotopic (exact) mass is 210 g/mol. The van der Waals surface area contributed by atoms with Crippen LogP contribution < -0.4 is 11.1 Å². The van der Waals surface area contributed by atoms with E-state index in [9.17, 15) is 0 Å². The summed E-state index contributed by atoms with van der Waals surface area (Å²) in [5, 5.41) is 3.89. The van der Waals surface area contributed by atoms with Crippen LogP contribution in [0.1, 0.15) is 52.4 Å². The second-order valence-corrected chi connectivity index (χ2v) is 6.13. The van der Waals surface area contributed by atoms with Gasteiger partial charge in [-0.2, -0.15) is 0 Å². The second-order valence-electron chi connectivity index (χ2n) is 6.13. The highest BCUT2D eigenvalue weighted by Crippen LogP contribution is 2.38. The minimum absolute atomic E-state index is 0.502. The molecule has 0 aliphatic heterocycles. The van der Waals surface area contributed by atoms with E-state index < -0.39 is 0 Å². The summed E-state index contributed by atoms with van der Waals surface area (Å²) in [4.78, 5) is 0. The summed E-state index contributed by atoms with van der Waals surface area (Å²) in [6.45, 7) is 5.68. The van der Waals surface area contributed by atoms with Gasteiger partial charge in [-0.05, 0) is 43.6 Å². The molecule has 88 valence electrons. The maximum Gasteiger partial charge on any atom is 0.0121 e. The Bertz CT molecular complexity index is 213. The summed E-state index contributed by atoms with van der Waals surface area (Å²) in [6.07, 6.45) is 8.18. The van der Waals surface area contributed by atoms with Crippen LogP contribution in [0.2, 0.25) is 0 Å². The quantitative estimate of drug-likeness (QED) is 0.750. The van der Waals surface area contributed by atoms with Gasteiger partial charge in [0.2, 0.25) is 0 Å². The lowest BCUT2D eigenvalue weighted by atomic mass is 9.86. The van der Waals surface area contributed by atoms with Crippen molar-refractivity contribution in [3.05, 3.63) is 0 Å². The molecule has 3 atom stereocenters. The third-order valence-electron chi connectivity index (χ3n) is 4.63. The van der Waals surface area contributed by atoms with Gasteiger partial charge in [0.15, 0.2) is 0 Å². The van der Waals surface area contributed by atoms with E-state index >= 15 is 0 Å². The lowest BCUT2D eigenvalue weighted by Crippen LogP contribution is -2.46. The fraction of sp³-hybridized carbons (Fsp3) is 1.00. The molecule has 2 aliphatic carbocycles. The summed E-state index contributed by atoms with van der Waals surface area (Å²) in [7, 11) is 0. The van der Waals surface area contributed by atoms with Crippen LogP contribution in [0.25, 0.3) is 0 Å². The molecule has 2 nitrogen and oxygen atoms in total. The SMILES string of the molecule is CC1(C)CCCC1NC1CCCC1CN. The van der Waals surface area contributed by atoms with Gasteiger partial charge in [0.25, 0.3) is 0 Å². The zero-order valence-electron chi connectivity index (χ0n) is 10.3. The van der Waals surface area contributed by atoms with Crippen molar-refractivity contribution in [2.24, 2.45) is 17.1 Å². The Hall–Kier alpha value is -0.0800. The molecule has 2 saturated carbocycles. The predicted octanol–water partition coefficient (Wildman–Crippen LogP) is 2.28. The van der Waals surface area contributed by atoms with Crippen LogP contribution in [0.5, 0.6) is 0 Å². The van der Waals surface area contributed by atoms with Crippen LogP contribution in [-0.4, -0.2) is 18.6 Å². The summed E-state index contributed by atoms with van der Waals surface area (Å²) in [5.74, 6) is 0.737. The molecule has 0 heterocycles. The lowest BCUT2D eigenvalue weighted by Gasteiger charge is -2.32. The van der Waals surface area contributed by atoms with Crippen molar-refractivity contribution in [1.29, 1.82) is 0 Å². The third kappa shape index (κ3) is 2.36. The Kier molecular flexibility index (Phi) is 3.36. The van der Waals surface area contributed by atoms with E-state index in [1.165, 1.54) is 38.5 Å². The highest BCUT2D eigenvalue weighted by molar-refractivity contribution is 4.94. The zero-order chi connectivity index (χ0) is 10.9. The van der Waals surface area contributed by atoms with Crippen LogP contribution >= 0.6 is 0 Å². The van der Waals surface area contributed by atoms with E-state index in [4.69, 9.17) is 5.73 Å². The largest absolute Gasteiger partial charge is 0.330 e. The standard InChI is InChI=1S/C13H26N2/c1-13(2)8-4-7-12(13)15-11-6-3-5-10(11)9-14/h10-12,15H,3-9,14H2,1-2H3. The molecule has 0 saturated heterocycles. The average Bonchev–Trinajstić information content (AvgIpc) is 2.74. The minimum Gasteiger partial charge on any atom is -0.330 e. The molecule has 3 N–H and O–H groups in total. The molecule has 3 unspecified atom stereocenters. The van der Waals surface area contributed by atoms with Crippen molar-refractivity contribution in [1.82, 2.24) is 5.32 Å². The molecule has 0 amide bonds. The Labute approximate surface area is 94.0 Å². The van der Waals surface area contributed by atoms with Gasteiger partial charge in [-0.1, -0.05) is 26.7 Å². The van der Waals surface area contributed by atoms with Crippen LogP contribution in [-0.2, 0) is 0 Å².